The average Bonchev–Trinajstić information content (AvgIpc) is 2.17. The number of hydrogen-bond donors (Lipinski definition) is 0. The van der Waals surface area contributed by atoms with Gasteiger partial charge in [0.15, 0.2) is 5.83 Å². The topological polar surface area (TPSA) is 23.8 Å². The van der Waals surface area contributed by atoms with Gasteiger partial charge in [-0.05, 0) is 35.4 Å². The third-order valence-corrected chi connectivity index (χ3v) is 1.78. The molecule has 5 heteroatoms. The zero-order chi connectivity index (χ0) is 11.5. The summed E-state index contributed by atoms with van der Waals surface area (Å²) in [6.45, 7) is 0. The maximum Gasteiger partial charge on any atom is 0.373 e. The molecule has 1 rings (SSSR count). The van der Waals surface area contributed by atoms with E-state index in [0.29, 0.717) is 11.6 Å². The fourth-order valence-electron chi connectivity index (χ4n) is 0.882. The summed E-state index contributed by atoms with van der Waals surface area (Å²) in [6.07, 6.45) is 0.619. The van der Waals surface area contributed by atoms with Gasteiger partial charge in [-0.2, -0.15) is 14.0 Å². The van der Waals surface area contributed by atoms with Crippen LogP contribution in [0.4, 0.5) is 13.2 Å². The fraction of sp³-hybridized carbons (Fsp3) is 0.100. The SMILES string of the molecule is N#Cc1ccc(/C=C(\F)C(F)(F)Cl)cc1. The molecule has 1 nitrogen and oxygen atoms in total. The predicted molar refractivity (Wildman–Crippen MR) is 51.0 cm³/mol. The normalized spacial score (nSPS) is 12.3. The lowest BCUT2D eigenvalue weighted by Gasteiger charge is -2.03. The van der Waals surface area contributed by atoms with Crippen molar-refractivity contribution in [2.24, 2.45) is 0 Å². The number of benzene rings is 1. The fourth-order valence-corrected chi connectivity index (χ4v) is 0.937. The number of allylic oxidation sites excluding steroid dienone is 1. The molecular weight excluding hydrogens is 227 g/mol. The first-order valence-corrected chi connectivity index (χ1v) is 4.26. The molecule has 0 aliphatic carbocycles. The van der Waals surface area contributed by atoms with Gasteiger partial charge in [-0.3, -0.25) is 0 Å². The molecule has 0 spiro atoms. The number of alkyl halides is 3. The first-order chi connectivity index (χ1) is 6.93. The van der Waals surface area contributed by atoms with Crippen molar-refractivity contribution < 1.29 is 13.2 Å². The first kappa shape index (κ1) is 11.6. The summed E-state index contributed by atoms with van der Waals surface area (Å²) in [4.78, 5) is 0. The highest BCUT2D eigenvalue weighted by Crippen LogP contribution is 2.30. The quantitative estimate of drug-likeness (QED) is 0.712. The van der Waals surface area contributed by atoms with Crippen molar-refractivity contribution in [2.75, 3.05) is 0 Å². The molecule has 0 atom stereocenters. The summed E-state index contributed by atoms with van der Waals surface area (Å²) in [6, 6.07) is 7.33. The van der Waals surface area contributed by atoms with Gasteiger partial charge in [0.2, 0.25) is 0 Å². The highest BCUT2D eigenvalue weighted by Gasteiger charge is 2.31. The monoisotopic (exact) mass is 231 g/mol. The molecule has 0 aliphatic heterocycles. The van der Waals surface area contributed by atoms with Crippen LogP contribution in [0.15, 0.2) is 30.1 Å². The molecule has 0 amide bonds. The van der Waals surface area contributed by atoms with E-state index in [4.69, 9.17) is 5.26 Å². The molecule has 0 bridgehead atoms. The summed E-state index contributed by atoms with van der Waals surface area (Å²) in [7, 11) is 0. The van der Waals surface area contributed by atoms with Crippen molar-refractivity contribution >= 4 is 17.7 Å². The zero-order valence-corrected chi connectivity index (χ0v) is 8.10. The summed E-state index contributed by atoms with van der Waals surface area (Å²) < 4.78 is 37.1. The lowest BCUT2D eigenvalue weighted by atomic mass is 10.1. The highest BCUT2D eigenvalue weighted by atomic mass is 35.5. The molecule has 0 unspecified atom stereocenters. The lowest BCUT2D eigenvalue weighted by molar-refractivity contribution is 0.112. The number of nitriles is 1. The summed E-state index contributed by atoms with van der Waals surface area (Å²) >= 11 is 4.46. The maximum atomic E-state index is 12.7. The molecule has 1 aromatic rings. The van der Waals surface area contributed by atoms with Crippen LogP contribution in [0.5, 0.6) is 0 Å². The van der Waals surface area contributed by atoms with Crippen molar-refractivity contribution in [1.82, 2.24) is 0 Å². The van der Waals surface area contributed by atoms with Gasteiger partial charge in [0, 0.05) is 0 Å². The molecule has 0 N–H and O–H groups in total. The van der Waals surface area contributed by atoms with Crippen LogP contribution < -0.4 is 0 Å². The molecule has 0 fully saturated rings. The van der Waals surface area contributed by atoms with E-state index in [1.807, 2.05) is 6.07 Å². The first-order valence-electron chi connectivity index (χ1n) is 3.88. The molecule has 15 heavy (non-hydrogen) atoms. The van der Waals surface area contributed by atoms with Gasteiger partial charge in [0.05, 0.1) is 11.6 Å². The van der Waals surface area contributed by atoms with E-state index in [-0.39, 0.29) is 5.56 Å². The Labute approximate surface area is 89.4 Å². The molecule has 0 saturated heterocycles. The standard InChI is InChI=1S/C10H5ClF3N/c11-10(13,14)9(12)5-7-1-3-8(6-15)4-2-7/h1-5H/b9-5-. The number of rotatable bonds is 2. The van der Waals surface area contributed by atoms with Gasteiger partial charge in [-0.25, -0.2) is 4.39 Å². The Hall–Kier alpha value is -1.47. The Kier molecular flexibility index (Phi) is 3.38. The van der Waals surface area contributed by atoms with Gasteiger partial charge in [-0.15, -0.1) is 0 Å². The van der Waals surface area contributed by atoms with E-state index < -0.39 is 11.2 Å². The van der Waals surface area contributed by atoms with Gasteiger partial charge < -0.3 is 0 Å². The molecular formula is C10H5ClF3N. The number of hydrogen-bond acceptors (Lipinski definition) is 1. The predicted octanol–water partition coefficient (Wildman–Crippen LogP) is 3.70. The van der Waals surface area contributed by atoms with Gasteiger partial charge in [0.1, 0.15) is 0 Å². The van der Waals surface area contributed by atoms with Crippen LogP contribution in [0.1, 0.15) is 11.1 Å². The van der Waals surface area contributed by atoms with E-state index >= 15 is 0 Å². The Morgan fingerprint density at radius 1 is 1.33 bits per heavy atom. The minimum absolute atomic E-state index is 0.215. The van der Waals surface area contributed by atoms with E-state index in [0.717, 1.165) is 0 Å². The van der Waals surface area contributed by atoms with E-state index in [1.165, 1.54) is 24.3 Å². The molecule has 0 aromatic heterocycles. The zero-order valence-electron chi connectivity index (χ0n) is 7.35. The lowest BCUT2D eigenvalue weighted by Crippen LogP contribution is -2.05. The van der Waals surface area contributed by atoms with Crippen molar-refractivity contribution in [1.29, 1.82) is 5.26 Å². The van der Waals surface area contributed by atoms with Crippen LogP contribution in [0.2, 0.25) is 0 Å². The third kappa shape index (κ3) is 3.30. The van der Waals surface area contributed by atoms with Crippen LogP contribution in [0.25, 0.3) is 6.08 Å². The Balaban J connectivity index is 2.96. The molecule has 0 aliphatic rings. The molecule has 0 radical (unpaired) electrons. The van der Waals surface area contributed by atoms with E-state index in [2.05, 4.69) is 11.6 Å². The van der Waals surface area contributed by atoms with Crippen molar-refractivity contribution in [2.45, 2.75) is 5.38 Å². The van der Waals surface area contributed by atoms with Crippen molar-refractivity contribution in [3.8, 4) is 6.07 Å². The van der Waals surface area contributed by atoms with Crippen molar-refractivity contribution in [3.63, 3.8) is 0 Å². The second-order valence-corrected chi connectivity index (χ2v) is 3.20. The largest absolute Gasteiger partial charge is 0.373 e. The minimum Gasteiger partial charge on any atom is -0.204 e. The second-order valence-electron chi connectivity index (χ2n) is 2.72. The molecule has 0 heterocycles. The molecule has 78 valence electrons. The number of halogens is 4. The van der Waals surface area contributed by atoms with E-state index in [9.17, 15) is 13.2 Å². The Morgan fingerprint density at radius 3 is 2.27 bits per heavy atom. The second kappa shape index (κ2) is 4.37. The van der Waals surface area contributed by atoms with Crippen LogP contribution >= 0.6 is 11.6 Å². The van der Waals surface area contributed by atoms with Crippen molar-refractivity contribution in [3.05, 3.63) is 41.2 Å². The Morgan fingerprint density at radius 2 is 1.87 bits per heavy atom. The highest BCUT2D eigenvalue weighted by molar-refractivity contribution is 6.23. The molecule has 1 aromatic carbocycles. The average molecular weight is 232 g/mol. The summed E-state index contributed by atoms with van der Waals surface area (Å²) in [5.74, 6) is -1.73. The number of nitrogens with zero attached hydrogens (tertiary/aromatic N) is 1. The van der Waals surface area contributed by atoms with Gasteiger partial charge in [-0.1, -0.05) is 12.1 Å². The van der Waals surface area contributed by atoms with Crippen LogP contribution in [0.3, 0.4) is 0 Å². The smallest absolute Gasteiger partial charge is 0.204 e. The summed E-state index contributed by atoms with van der Waals surface area (Å²) in [5.41, 5.74) is 0.581. The maximum absolute atomic E-state index is 12.7. The van der Waals surface area contributed by atoms with Crippen LogP contribution in [-0.4, -0.2) is 5.38 Å². The summed E-state index contributed by atoms with van der Waals surface area (Å²) in [5, 5.41) is 4.47. The van der Waals surface area contributed by atoms with Crippen LogP contribution in [0, 0.1) is 11.3 Å². The third-order valence-electron chi connectivity index (χ3n) is 1.60. The van der Waals surface area contributed by atoms with Gasteiger partial charge in [0.25, 0.3) is 0 Å². The van der Waals surface area contributed by atoms with Gasteiger partial charge >= 0.3 is 5.38 Å². The molecule has 0 saturated carbocycles. The van der Waals surface area contributed by atoms with Crippen LogP contribution in [-0.2, 0) is 0 Å². The van der Waals surface area contributed by atoms with E-state index in [1.54, 1.807) is 0 Å². The minimum atomic E-state index is -3.99. The Bertz CT molecular complexity index is 412.